The lowest BCUT2D eigenvalue weighted by Gasteiger charge is -2.37. The molecule has 0 spiro atoms. The van der Waals surface area contributed by atoms with Crippen LogP contribution >= 0.6 is 0 Å². The Labute approximate surface area is 195 Å². The average molecular weight is 439 g/mol. The molecule has 6 nitrogen and oxygen atoms in total. The van der Waals surface area contributed by atoms with Crippen molar-refractivity contribution in [3.8, 4) is 11.1 Å². The molecule has 6 heteroatoms. The summed E-state index contributed by atoms with van der Waals surface area (Å²) >= 11 is 0. The number of rotatable bonds is 2. The van der Waals surface area contributed by atoms with E-state index in [-0.39, 0.29) is 0 Å². The fraction of sp³-hybridized carbons (Fsp3) is 0.407. The van der Waals surface area contributed by atoms with Crippen LogP contribution < -0.4 is 9.80 Å². The van der Waals surface area contributed by atoms with Gasteiger partial charge in [0.1, 0.15) is 11.5 Å². The Morgan fingerprint density at radius 2 is 1.85 bits per heavy atom. The number of benzene rings is 1. The molecule has 33 heavy (non-hydrogen) atoms. The normalized spacial score (nSPS) is 19.2. The fourth-order valence-electron chi connectivity index (χ4n) is 5.28. The number of amidine groups is 1. The predicted molar refractivity (Wildman–Crippen MR) is 133 cm³/mol. The topological polar surface area (TPSA) is 57.5 Å². The van der Waals surface area contributed by atoms with Crippen LogP contribution in [0.15, 0.2) is 53.9 Å². The monoisotopic (exact) mass is 438 g/mol. The van der Waals surface area contributed by atoms with Gasteiger partial charge in [-0.1, -0.05) is 32.0 Å². The smallest absolute Gasteiger partial charge is 0.156 e. The highest BCUT2D eigenvalue weighted by atomic mass is 15.2. The first-order valence-corrected chi connectivity index (χ1v) is 12.0. The summed E-state index contributed by atoms with van der Waals surface area (Å²) in [6.07, 6.45) is 10.3. The Balaban J connectivity index is 1.30. The van der Waals surface area contributed by atoms with E-state index in [1.54, 1.807) is 0 Å². The van der Waals surface area contributed by atoms with Gasteiger partial charge in [-0.15, -0.1) is 0 Å². The summed E-state index contributed by atoms with van der Waals surface area (Å²) in [5.41, 5.74) is 7.40. The van der Waals surface area contributed by atoms with Crippen molar-refractivity contribution < 1.29 is 0 Å². The molecule has 6 rings (SSSR count). The number of piperidine rings is 1. The highest BCUT2D eigenvalue weighted by Crippen LogP contribution is 2.37. The lowest BCUT2D eigenvalue weighted by molar-refractivity contribution is 0.279. The molecule has 2 aromatic heterocycles. The van der Waals surface area contributed by atoms with Gasteiger partial charge in [-0.3, -0.25) is 9.98 Å². The third-order valence-corrected chi connectivity index (χ3v) is 7.34. The number of pyridine rings is 1. The van der Waals surface area contributed by atoms with Gasteiger partial charge >= 0.3 is 0 Å². The molecule has 0 amide bonds. The molecule has 0 aliphatic carbocycles. The second-order valence-electron chi connectivity index (χ2n) is 10.1. The molecule has 3 aliphatic heterocycles. The van der Waals surface area contributed by atoms with Gasteiger partial charge in [0.25, 0.3) is 0 Å². The van der Waals surface area contributed by atoms with Gasteiger partial charge in [-0.25, -0.2) is 9.97 Å². The van der Waals surface area contributed by atoms with Crippen molar-refractivity contribution in [1.82, 2.24) is 15.0 Å². The number of fused-ring (bicyclic) bond motifs is 2. The molecule has 5 heterocycles. The van der Waals surface area contributed by atoms with E-state index in [1.165, 1.54) is 35.2 Å². The van der Waals surface area contributed by atoms with Gasteiger partial charge in [0, 0.05) is 43.3 Å². The largest absolute Gasteiger partial charge is 0.355 e. The predicted octanol–water partition coefficient (Wildman–Crippen LogP) is 4.88. The molecule has 1 saturated heterocycles. The third-order valence-electron chi connectivity index (χ3n) is 7.34. The van der Waals surface area contributed by atoms with Crippen molar-refractivity contribution in [3.05, 3.63) is 65.9 Å². The summed E-state index contributed by atoms with van der Waals surface area (Å²) in [6, 6.07) is 10.7. The van der Waals surface area contributed by atoms with Crippen LogP contribution in [0.4, 0.5) is 11.5 Å². The van der Waals surface area contributed by atoms with Gasteiger partial charge in [0.2, 0.25) is 0 Å². The van der Waals surface area contributed by atoms with Gasteiger partial charge in [-0.05, 0) is 54.4 Å². The van der Waals surface area contributed by atoms with Crippen LogP contribution in [0.3, 0.4) is 0 Å². The summed E-state index contributed by atoms with van der Waals surface area (Å²) in [5.74, 6) is 1.96. The third kappa shape index (κ3) is 3.67. The molecule has 1 aromatic carbocycles. The Bertz CT molecular complexity index is 1210. The number of aliphatic imine (C=N–C) groups is 1. The minimum Gasteiger partial charge on any atom is -0.355 e. The van der Waals surface area contributed by atoms with Gasteiger partial charge in [-0.2, -0.15) is 0 Å². The minimum atomic E-state index is 0.424. The molecule has 3 aromatic rings. The van der Waals surface area contributed by atoms with E-state index in [0.717, 1.165) is 55.5 Å². The standard InChI is InChI=1S/C27H30N6/c1-27(2)10-14-32(15-11-27)24-18-29-25-22(31-24)17-30-26(25)33-13-5-8-21-20(7-3-9-23(21)33)19-6-4-12-28-16-19/h3-4,6-7,9,12,16,18H,5,8,10-11,13-15,17H2,1-2H3. The Morgan fingerprint density at radius 3 is 2.67 bits per heavy atom. The molecule has 0 atom stereocenters. The molecular formula is C27H30N6. The zero-order valence-corrected chi connectivity index (χ0v) is 19.5. The lowest BCUT2D eigenvalue weighted by Crippen LogP contribution is -2.38. The number of aromatic nitrogens is 3. The van der Waals surface area contributed by atoms with Crippen molar-refractivity contribution in [2.24, 2.45) is 10.4 Å². The molecule has 0 N–H and O–H groups in total. The van der Waals surface area contributed by atoms with Crippen LogP contribution in [0.2, 0.25) is 0 Å². The van der Waals surface area contributed by atoms with Crippen molar-refractivity contribution in [3.63, 3.8) is 0 Å². The van der Waals surface area contributed by atoms with E-state index < -0.39 is 0 Å². The molecule has 0 bridgehead atoms. The number of nitrogens with zero attached hydrogens (tertiary/aromatic N) is 6. The van der Waals surface area contributed by atoms with Gasteiger partial charge < -0.3 is 9.80 Å². The van der Waals surface area contributed by atoms with Gasteiger partial charge in [0.05, 0.1) is 18.4 Å². The van der Waals surface area contributed by atoms with Crippen LogP contribution in [0, 0.1) is 5.41 Å². The maximum atomic E-state index is 5.00. The molecule has 1 fully saturated rings. The van der Waals surface area contributed by atoms with Crippen molar-refractivity contribution in [2.75, 3.05) is 29.4 Å². The molecular weight excluding hydrogens is 408 g/mol. The van der Waals surface area contributed by atoms with E-state index in [4.69, 9.17) is 15.0 Å². The van der Waals surface area contributed by atoms with Crippen LogP contribution in [0.25, 0.3) is 11.1 Å². The van der Waals surface area contributed by atoms with Crippen LogP contribution in [0.1, 0.15) is 50.1 Å². The first-order chi connectivity index (χ1) is 16.1. The number of hydrogen-bond donors (Lipinski definition) is 0. The summed E-state index contributed by atoms with van der Waals surface area (Å²) in [4.78, 5) is 23.9. The van der Waals surface area contributed by atoms with Crippen LogP contribution in [0.5, 0.6) is 0 Å². The SMILES string of the molecule is CC1(C)CCN(c2cnc3c(n2)CN=C3N2CCCc3c(-c4cccnc4)cccc32)CC1. The fourth-order valence-corrected chi connectivity index (χ4v) is 5.28. The van der Waals surface area contributed by atoms with E-state index >= 15 is 0 Å². The molecule has 3 aliphatic rings. The number of anilines is 2. The number of hydrogen-bond acceptors (Lipinski definition) is 6. The minimum absolute atomic E-state index is 0.424. The molecule has 0 radical (unpaired) electrons. The average Bonchev–Trinajstić information content (AvgIpc) is 3.27. The van der Waals surface area contributed by atoms with E-state index in [0.29, 0.717) is 12.0 Å². The highest BCUT2D eigenvalue weighted by molar-refractivity contribution is 6.11. The van der Waals surface area contributed by atoms with Crippen LogP contribution in [-0.2, 0) is 13.0 Å². The second kappa shape index (κ2) is 7.94. The zero-order chi connectivity index (χ0) is 22.4. The van der Waals surface area contributed by atoms with E-state index in [1.807, 2.05) is 24.7 Å². The quantitative estimate of drug-likeness (QED) is 0.571. The summed E-state index contributed by atoms with van der Waals surface area (Å²) in [5, 5.41) is 0. The van der Waals surface area contributed by atoms with Crippen molar-refractivity contribution >= 4 is 17.3 Å². The summed E-state index contributed by atoms with van der Waals surface area (Å²) in [7, 11) is 0. The molecule has 0 saturated carbocycles. The highest BCUT2D eigenvalue weighted by Gasteiger charge is 2.31. The maximum absolute atomic E-state index is 5.00. The van der Waals surface area contributed by atoms with Gasteiger partial charge in [0.15, 0.2) is 5.84 Å². The van der Waals surface area contributed by atoms with Crippen molar-refractivity contribution in [2.45, 2.75) is 46.1 Å². The second-order valence-corrected chi connectivity index (χ2v) is 10.1. The first kappa shape index (κ1) is 20.3. The Kier molecular flexibility index (Phi) is 4.89. The zero-order valence-electron chi connectivity index (χ0n) is 19.5. The Hall–Kier alpha value is -3.28. The first-order valence-electron chi connectivity index (χ1n) is 12.0. The molecule has 168 valence electrons. The molecule has 0 unspecified atom stereocenters. The van der Waals surface area contributed by atoms with E-state index in [9.17, 15) is 0 Å². The lowest BCUT2D eigenvalue weighted by atomic mass is 9.83. The summed E-state index contributed by atoms with van der Waals surface area (Å²) in [6.45, 7) is 8.37. The summed E-state index contributed by atoms with van der Waals surface area (Å²) < 4.78 is 0. The Morgan fingerprint density at radius 1 is 0.970 bits per heavy atom. The maximum Gasteiger partial charge on any atom is 0.156 e. The van der Waals surface area contributed by atoms with Crippen molar-refractivity contribution in [1.29, 1.82) is 0 Å². The van der Waals surface area contributed by atoms with E-state index in [2.05, 4.69) is 52.9 Å². The van der Waals surface area contributed by atoms with Crippen LogP contribution in [-0.4, -0.2) is 40.4 Å².